The Bertz CT molecular complexity index is 1220. The van der Waals surface area contributed by atoms with Crippen LogP contribution in [0.1, 0.15) is 22.5 Å². The van der Waals surface area contributed by atoms with Gasteiger partial charge in [0.15, 0.2) is 11.6 Å². The number of benzene rings is 2. The molecule has 2 aromatic carbocycles. The first kappa shape index (κ1) is 21.5. The molecule has 1 saturated heterocycles. The van der Waals surface area contributed by atoms with E-state index >= 15 is 0 Å². The molecule has 7 nitrogen and oxygen atoms in total. The molecule has 1 atom stereocenters. The number of methoxy groups -OCH3 is 1. The first-order valence-electron chi connectivity index (χ1n) is 10.1. The standard InChI is InChI=1S/C23H21F2N5O2/c1-27-16-7-8-30(12-16)23(31)21-20(13-5-6-19(32-2)18(25)9-13)28-22(29-21)14-3-4-15(11-26)17(24)10-14/h3-6,9-10,16,27H,7-8,12H2,1-2H3,(H,28,29)/t16-/m0/s1. The first-order valence-corrected chi connectivity index (χ1v) is 10.1. The Morgan fingerprint density at radius 3 is 2.62 bits per heavy atom. The van der Waals surface area contributed by atoms with E-state index < -0.39 is 11.6 Å². The van der Waals surface area contributed by atoms with Gasteiger partial charge in [0.25, 0.3) is 5.91 Å². The number of amides is 1. The van der Waals surface area contributed by atoms with E-state index in [2.05, 4.69) is 15.3 Å². The molecule has 1 aliphatic heterocycles. The summed E-state index contributed by atoms with van der Waals surface area (Å²) in [4.78, 5) is 22.5. The number of nitrogens with one attached hydrogen (secondary N) is 2. The predicted octanol–water partition coefficient (Wildman–Crippen LogP) is 3.34. The number of carbonyl (C=O) groups excluding carboxylic acids is 1. The minimum atomic E-state index is -0.692. The molecule has 0 radical (unpaired) electrons. The van der Waals surface area contributed by atoms with Gasteiger partial charge in [-0.25, -0.2) is 13.8 Å². The van der Waals surface area contributed by atoms with Crippen LogP contribution in [0.2, 0.25) is 0 Å². The van der Waals surface area contributed by atoms with E-state index in [0.29, 0.717) is 24.2 Å². The maximum Gasteiger partial charge on any atom is 0.272 e. The Morgan fingerprint density at radius 2 is 2.00 bits per heavy atom. The number of likely N-dealkylation sites (tertiary alicyclic amines) is 1. The number of H-pyrrole nitrogens is 1. The molecule has 32 heavy (non-hydrogen) atoms. The summed E-state index contributed by atoms with van der Waals surface area (Å²) in [6, 6.07) is 10.3. The molecule has 1 amide bonds. The molecule has 4 rings (SSSR count). The molecule has 164 valence electrons. The SMILES string of the molecule is CN[C@H]1CCN(C(=O)c2[nH]c(-c3ccc(C#N)c(F)c3)nc2-c2ccc(OC)c(F)c2)C1. The molecule has 0 spiro atoms. The lowest BCUT2D eigenvalue weighted by molar-refractivity contribution is 0.0785. The Balaban J connectivity index is 1.80. The van der Waals surface area contributed by atoms with Crippen LogP contribution in [0.4, 0.5) is 8.78 Å². The normalized spacial score (nSPS) is 15.6. The molecule has 1 aliphatic rings. The second-order valence-electron chi connectivity index (χ2n) is 7.49. The van der Waals surface area contributed by atoms with Gasteiger partial charge in [-0.15, -0.1) is 0 Å². The van der Waals surface area contributed by atoms with E-state index in [1.54, 1.807) is 23.1 Å². The van der Waals surface area contributed by atoms with Crippen LogP contribution in [0.3, 0.4) is 0 Å². The summed E-state index contributed by atoms with van der Waals surface area (Å²) in [5.74, 6) is -1.24. The molecule has 2 heterocycles. The van der Waals surface area contributed by atoms with Gasteiger partial charge in [-0.2, -0.15) is 5.26 Å². The van der Waals surface area contributed by atoms with Gasteiger partial charge in [-0.3, -0.25) is 4.79 Å². The minimum absolute atomic E-state index is 0.0722. The summed E-state index contributed by atoms with van der Waals surface area (Å²) in [5, 5.41) is 12.1. The molecule has 2 N–H and O–H groups in total. The third-order valence-corrected chi connectivity index (χ3v) is 5.59. The van der Waals surface area contributed by atoms with Gasteiger partial charge >= 0.3 is 0 Å². The highest BCUT2D eigenvalue weighted by Crippen LogP contribution is 2.31. The molecule has 1 aromatic heterocycles. The Morgan fingerprint density at radius 1 is 1.25 bits per heavy atom. The highest BCUT2D eigenvalue weighted by molar-refractivity contribution is 5.99. The van der Waals surface area contributed by atoms with Crippen molar-refractivity contribution in [1.29, 1.82) is 5.26 Å². The number of imidazole rings is 1. The lowest BCUT2D eigenvalue weighted by Crippen LogP contribution is -2.33. The number of halogens is 2. The van der Waals surface area contributed by atoms with Crippen LogP contribution in [0.5, 0.6) is 5.75 Å². The number of nitrogens with zero attached hydrogens (tertiary/aromatic N) is 3. The fourth-order valence-corrected chi connectivity index (χ4v) is 3.78. The largest absolute Gasteiger partial charge is 0.494 e. The van der Waals surface area contributed by atoms with Gasteiger partial charge in [0, 0.05) is 30.3 Å². The Kier molecular flexibility index (Phi) is 5.88. The van der Waals surface area contributed by atoms with Crippen LogP contribution in [0.25, 0.3) is 22.6 Å². The van der Waals surface area contributed by atoms with E-state index in [-0.39, 0.29) is 40.5 Å². The van der Waals surface area contributed by atoms with Crippen LogP contribution in [-0.4, -0.2) is 54.1 Å². The molecule has 1 fully saturated rings. The van der Waals surface area contributed by atoms with Gasteiger partial charge in [0.1, 0.15) is 29.1 Å². The molecule has 0 unspecified atom stereocenters. The van der Waals surface area contributed by atoms with Gasteiger partial charge in [0.2, 0.25) is 0 Å². The molecular formula is C23H21F2N5O2. The van der Waals surface area contributed by atoms with Crippen molar-refractivity contribution < 1.29 is 18.3 Å². The summed E-state index contributed by atoms with van der Waals surface area (Å²) in [6.45, 7) is 1.10. The van der Waals surface area contributed by atoms with Crippen molar-refractivity contribution in [2.75, 3.05) is 27.2 Å². The first-order chi connectivity index (χ1) is 15.4. The zero-order chi connectivity index (χ0) is 22.8. The minimum Gasteiger partial charge on any atom is -0.494 e. The highest BCUT2D eigenvalue weighted by atomic mass is 19.1. The topological polar surface area (TPSA) is 94.0 Å². The van der Waals surface area contributed by atoms with Crippen molar-refractivity contribution in [3.8, 4) is 34.5 Å². The molecule has 0 aliphatic carbocycles. The van der Waals surface area contributed by atoms with Crippen LogP contribution in [-0.2, 0) is 0 Å². The monoisotopic (exact) mass is 437 g/mol. The van der Waals surface area contributed by atoms with E-state index in [0.717, 1.165) is 6.42 Å². The van der Waals surface area contributed by atoms with E-state index in [1.807, 2.05) is 7.05 Å². The molecule has 0 bridgehead atoms. The number of likely N-dealkylation sites (N-methyl/N-ethyl adjacent to an activating group) is 1. The number of rotatable bonds is 5. The molecule has 9 heteroatoms. The van der Waals surface area contributed by atoms with Crippen molar-refractivity contribution >= 4 is 5.91 Å². The van der Waals surface area contributed by atoms with Crippen molar-refractivity contribution in [3.63, 3.8) is 0 Å². The van der Waals surface area contributed by atoms with Crippen molar-refractivity contribution in [1.82, 2.24) is 20.2 Å². The molecular weight excluding hydrogens is 416 g/mol. The maximum atomic E-state index is 14.4. The van der Waals surface area contributed by atoms with Crippen molar-refractivity contribution in [2.24, 2.45) is 0 Å². The lowest BCUT2D eigenvalue weighted by Gasteiger charge is -2.16. The third-order valence-electron chi connectivity index (χ3n) is 5.59. The predicted molar refractivity (Wildman–Crippen MR) is 114 cm³/mol. The van der Waals surface area contributed by atoms with Crippen LogP contribution >= 0.6 is 0 Å². The molecule has 3 aromatic rings. The van der Waals surface area contributed by atoms with Crippen molar-refractivity contribution in [3.05, 3.63) is 59.3 Å². The zero-order valence-electron chi connectivity index (χ0n) is 17.6. The lowest BCUT2D eigenvalue weighted by atomic mass is 10.1. The van der Waals surface area contributed by atoms with Gasteiger partial charge in [0.05, 0.1) is 12.7 Å². The Hall–Kier alpha value is -3.77. The van der Waals surface area contributed by atoms with Crippen LogP contribution in [0, 0.1) is 23.0 Å². The number of ether oxygens (including phenoxy) is 1. The number of nitriles is 1. The second-order valence-corrected chi connectivity index (χ2v) is 7.49. The summed E-state index contributed by atoms with van der Waals surface area (Å²) in [5.41, 5.74) is 1.09. The van der Waals surface area contributed by atoms with Gasteiger partial charge in [-0.05, 0) is 49.9 Å². The average Bonchev–Trinajstić information content (AvgIpc) is 3.46. The summed E-state index contributed by atoms with van der Waals surface area (Å²) < 4.78 is 33.5. The number of carbonyl (C=O) groups is 1. The third kappa shape index (κ3) is 3.92. The Labute approximate surface area is 183 Å². The quantitative estimate of drug-likeness (QED) is 0.639. The highest BCUT2D eigenvalue weighted by Gasteiger charge is 2.30. The smallest absolute Gasteiger partial charge is 0.272 e. The zero-order valence-corrected chi connectivity index (χ0v) is 17.6. The molecule has 0 saturated carbocycles. The van der Waals surface area contributed by atoms with E-state index in [1.165, 1.54) is 31.4 Å². The number of hydrogen-bond acceptors (Lipinski definition) is 5. The number of aromatic amines is 1. The van der Waals surface area contributed by atoms with E-state index in [9.17, 15) is 13.6 Å². The van der Waals surface area contributed by atoms with Crippen LogP contribution in [0.15, 0.2) is 36.4 Å². The number of hydrogen-bond donors (Lipinski definition) is 2. The summed E-state index contributed by atoms with van der Waals surface area (Å²) >= 11 is 0. The maximum absolute atomic E-state index is 14.4. The van der Waals surface area contributed by atoms with Crippen LogP contribution < -0.4 is 10.1 Å². The summed E-state index contributed by atoms with van der Waals surface area (Å²) in [7, 11) is 3.21. The van der Waals surface area contributed by atoms with E-state index in [4.69, 9.17) is 10.00 Å². The van der Waals surface area contributed by atoms with Gasteiger partial charge in [-0.1, -0.05) is 0 Å². The average molecular weight is 437 g/mol. The fourth-order valence-electron chi connectivity index (χ4n) is 3.78. The fraction of sp³-hybridized carbons (Fsp3) is 0.261. The van der Waals surface area contributed by atoms with Gasteiger partial charge < -0.3 is 19.9 Å². The second kappa shape index (κ2) is 8.77. The summed E-state index contributed by atoms with van der Waals surface area (Å²) in [6.07, 6.45) is 0.816. The number of aromatic nitrogens is 2. The van der Waals surface area contributed by atoms with Crippen molar-refractivity contribution in [2.45, 2.75) is 12.5 Å².